The summed E-state index contributed by atoms with van der Waals surface area (Å²) in [5, 5.41) is 7.34. The highest BCUT2D eigenvalue weighted by Gasteiger charge is 2.22. The fourth-order valence-corrected chi connectivity index (χ4v) is 4.88. The maximum Gasteiger partial charge on any atom is 0.247 e. The van der Waals surface area contributed by atoms with Gasteiger partial charge in [0.1, 0.15) is 17.2 Å². The molecule has 1 amide bonds. The van der Waals surface area contributed by atoms with Crippen LogP contribution in [0.4, 0.5) is 28.8 Å². The van der Waals surface area contributed by atoms with E-state index in [4.69, 9.17) is 14.7 Å². The number of ether oxygens (including phenoxy) is 1. The molecule has 10 nitrogen and oxygen atoms in total. The zero-order chi connectivity index (χ0) is 25.1. The maximum atomic E-state index is 12.3. The average Bonchev–Trinajstić information content (AvgIpc) is 3.38. The van der Waals surface area contributed by atoms with Crippen molar-refractivity contribution < 1.29 is 9.53 Å². The van der Waals surface area contributed by atoms with Crippen molar-refractivity contribution in [1.29, 1.82) is 0 Å². The molecule has 2 aliphatic rings. The normalized spacial score (nSPS) is 16.7. The summed E-state index contributed by atoms with van der Waals surface area (Å²) >= 11 is 0. The van der Waals surface area contributed by atoms with Crippen LogP contribution in [0.25, 0.3) is 11.0 Å². The van der Waals surface area contributed by atoms with Crippen LogP contribution >= 0.6 is 0 Å². The molecular weight excluding hydrogens is 456 g/mol. The largest absolute Gasteiger partial charge is 0.494 e. The fourth-order valence-electron chi connectivity index (χ4n) is 4.88. The molecule has 10 heteroatoms. The van der Waals surface area contributed by atoms with Crippen molar-refractivity contribution in [1.82, 2.24) is 19.9 Å². The van der Waals surface area contributed by atoms with Crippen molar-refractivity contribution in [3.63, 3.8) is 0 Å². The number of carbonyl (C=O) groups excluding carboxylic acids is 1. The van der Waals surface area contributed by atoms with E-state index in [-0.39, 0.29) is 5.91 Å². The summed E-state index contributed by atoms with van der Waals surface area (Å²) in [7, 11) is 3.76. The summed E-state index contributed by atoms with van der Waals surface area (Å²) in [6.45, 7) is 9.18. The van der Waals surface area contributed by atoms with Gasteiger partial charge in [0.05, 0.1) is 29.6 Å². The molecule has 3 N–H and O–H groups in total. The molecule has 0 aliphatic carbocycles. The Kier molecular flexibility index (Phi) is 6.95. The van der Waals surface area contributed by atoms with Gasteiger partial charge in [0.25, 0.3) is 0 Å². The number of aromatic amines is 1. The predicted molar refractivity (Wildman–Crippen MR) is 145 cm³/mol. The summed E-state index contributed by atoms with van der Waals surface area (Å²) in [5.41, 5.74) is 3.05. The number of nitrogens with zero attached hydrogens (tertiary/aromatic N) is 5. The van der Waals surface area contributed by atoms with E-state index in [9.17, 15) is 4.79 Å². The Morgan fingerprint density at radius 2 is 1.83 bits per heavy atom. The number of carbonyl (C=O) groups is 1. The molecule has 0 radical (unpaired) electrons. The number of anilines is 5. The summed E-state index contributed by atoms with van der Waals surface area (Å²) < 4.78 is 5.77. The predicted octanol–water partition coefficient (Wildman–Crippen LogP) is 3.58. The second-order valence-electron chi connectivity index (χ2n) is 9.34. The zero-order valence-corrected chi connectivity index (χ0v) is 21.0. The van der Waals surface area contributed by atoms with Crippen molar-refractivity contribution >= 4 is 45.8 Å². The first-order chi connectivity index (χ1) is 17.6. The number of methoxy groups -OCH3 is 1. The van der Waals surface area contributed by atoms with Crippen LogP contribution in [0.1, 0.15) is 19.3 Å². The lowest BCUT2D eigenvalue weighted by molar-refractivity contribution is -0.111. The minimum absolute atomic E-state index is 0.266. The number of benzene rings is 1. The Morgan fingerprint density at radius 1 is 1.06 bits per heavy atom. The lowest BCUT2D eigenvalue weighted by Gasteiger charge is -2.35. The van der Waals surface area contributed by atoms with Gasteiger partial charge >= 0.3 is 0 Å². The van der Waals surface area contributed by atoms with Gasteiger partial charge in [0.2, 0.25) is 11.9 Å². The molecule has 2 saturated heterocycles. The first kappa shape index (κ1) is 23.9. The highest BCUT2D eigenvalue weighted by molar-refractivity contribution is 6.02. The van der Waals surface area contributed by atoms with E-state index in [0.717, 1.165) is 74.6 Å². The summed E-state index contributed by atoms with van der Waals surface area (Å²) in [5.74, 6) is 1.78. The van der Waals surface area contributed by atoms with Gasteiger partial charge in [-0.2, -0.15) is 9.97 Å². The monoisotopic (exact) mass is 490 g/mol. The van der Waals surface area contributed by atoms with Gasteiger partial charge < -0.3 is 35.1 Å². The quantitative estimate of drug-likeness (QED) is 0.432. The molecule has 0 spiro atoms. The van der Waals surface area contributed by atoms with Crippen LogP contribution in [-0.4, -0.2) is 79.2 Å². The van der Waals surface area contributed by atoms with E-state index in [0.29, 0.717) is 23.1 Å². The van der Waals surface area contributed by atoms with E-state index >= 15 is 0 Å². The Bertz CT molecular complexity index is 1240. The number of piperazine rings is 1. The third kappa shape index (κ3) is 4.94. The molecule has 5 rings (SSSR count). The first-order valence-electron chi connectivity index (χ1n) is 12.5. The number of likely N-dealkylation sites (N-methyl/N-ethyl adjacent to an activating group) is 1. The van der Waals surface area contributed by atoms with Crippen molar-refractivity contribution in [2.24, 2.45) is 0 Å². The van der Waals surface area contributed by atoms with Crippen LogP contribution in [0, 0.1) is 0 Å². The first-order valence-corrected chi connectivity index (χ1v) is 12.5. The second kappa shape index (κ2) is 10.4. The molecule has 2 fully saturated rings. The standard InChI is InChI=1S/C26H34N8O2/c1-4-23(35)28-19-16-20(22(36-3)17-21(19)33-14-12-32(2)13-15-33)29-26-30-24-18(8-9-27-24)25(31-26)34-10-6-5-7-11-34/h4,8-9,16-17H,1,5-7,10-15H2,2-3H3,(H,28,35)(H2,27,29,30,31). The summed E-state index contributed by atoms with van der Waals surface area (Å²) in [6.07, 6.45) is 6.74. The highest BCUT2D eigenvalue weighted by atomic mass is 16.5. The number of hydrogen-bond donors (Lipinski definition) is 3. The van der Waals surface area contributed by atoms with Crippen molar-refractivity contribution in [3.05, 3.63) is 37.1 Å². The number of aromatic nitrogens is 3. The molecule has 4 heterocycles. The second-order valence-corrected chi connectivity index (χ2v) is 9.34. The van der Waals surface area contributed by atoms with E-state index in [2.05, 4.69) is 43.9 Å². The smallest absolute Gasteiger partial charge is 0.247 e. The van der Waals surface area contributed by atoms with Crippen molar-refractivity contribution in [2.75, 3.05) is 73.9 Å². The molecule has 3 aromatic rings. The number of H-pyrrole nitrogens is 1. The Labute approximate surface area is 211 Å². The van der Waals surface area contributed by atoms with Crippen molar-refractivity contribution in [3.8, 4) is 5.75 Å². The molecule has 0 unspecified atom stereocenters. The molecule has 2 aromatic heterocycles. The minimum Gasteiger partial charge on any atom is -0.494 e. The molecule has 0 atom stereocenters. The van der Waals surface area contributed by atoms with Gasteiger partial charge in [0, 0.05) is 51.5 Å². The number of hydrogen-bond acceptors (Lipinski definition) is 8. The molecule has 2 aliphatic heterocycles. The fraction of sp³-hybridized carbons (Fsp3) is 0.423. The molecule has 0 bridgehead atoms. The molecular formula is C26H34N8O2. The number of nitrogens with one attached hydrogen (secondary N) is 3. The van der Waals surface area contributed by atoms with Crippen molar-refractivity contribution in [2.45, 2.75) is 19.3 Å². The van der Waals surface area contributed by atoms with Crippen LogP contribution in [0.3, 0.4) is 0 Å². The van der Waals surface area contributed by atoms with Crippen LogP contribution in [0.5, 0.6) is 5.75 Å². The third-order valence-electron chi connectivity index (χ3n) is 6.90. The van der Waals surface area contributed by atoms with Crippen LogP contribution < -0.4 is 25.2 Å². The van der Waals surface area contributed by atoms with Gasteiger partial charge in [-0.3, -0.25) is 4.79 Å². The summed E-state index contributed by atoms with van der Waals surface area (Å²) in [4.78, 5) is 32.0. The molecule has 190 valence electrons. The lowest BCUT2D eigenvalue weighted by atomic mass is 10.1. The van der Waals surface area contributed by atoms with E-state index in [1.165, 1.54) is 12.5 Å². The third-order valence-corrected chi connectivity index (χ3v) is 6.90. The molecule has 1 aromatic carbocycles. The maximum absolute atomic E-state index is 12.3. The SMILES string of the molecule is C=CC(=O)Nc1cc(Nc2nc(N3CCCCC3)c3cc[nH]c3n2)c(OC)cc1N1CCN(C)CC1. The van der Waals surface area contributed by atoms with E-state index in [1.807, 2.05) is 24.4 Å². The average molecular weight is 491 g/mol. The van der Waals surface area contributed by atoms with Gasteiger partial charge in [0.15, 0.2) is 0 Å². The van der Waals surface area contributed by atoms with Crippen LogP contribution in [0.2, 0.25) is 0 Å². The Hall–Kier alpha value is -3.79. The van der Waals surface area contributed by atoms with E-state index < -0.39 is 0 Å². The van der Waals surface area contributed by atoms with Crippen LogP contribution in [0.15, 0.2) is 37.1 Å². The number of rotatable bonds is 7. The lowest BCUT2D eigenvalue weighted by Crippen LogP contribution is -2.44. The van der Waals surface area contributed by atoms with E-state index in [1.54, 1.807) is 7.11 Å². The zero-order valence-electron chi connectivity index (χ0n) is 21.0. The molecule has 36 heavy (non-hydrogen) atoms. The Morgan fingerprint density at radius 3 is 2.56 bits per heavy atom. The number of amides is 1. The van der Waals surface area contributed by atoms with Gasteiger partial charge in [-0.1, -0.05) is 6.58 Å². The van der Waals surface area contributed by atoms with Gasteiger partial charge in [-0.05, 0) is 44.5 Å². The highest BCUT2D eigenvalue weighted by Crippen LogP contribution is 2.39. The number of fused-ring (bicyclic) bond motifs is 1. The Balaban J connectivity index is 1.52. The van der Waals surface area contributed by atoms with Crippen LogP contribution in [-0.2, 0) is 4.79 Å². The molecule has 0 saturated carbocycles. The topological polar surface area (TPSA) is 102 Å². The number of piperidine rings is 1. The minimum atomic E-state index is -0.266. The summed E-state index contributed by atoms with van der Waals surface area (Å²) in [6, 6.07) is 5.87. The van der Waals surface area contributed by atoms with Gasteiger partial charge in [-0.25, -0.2) is 0 Å². The van der Waals surface area contributed by atoms with Gasteiger partial charge in [-0.15, -0.1) is 0 Å².